The van der Waals surface area contributed by atoms with Crippen LogP contribution in [0.25, 0.3) is 33.4 Å². The summed E-state index contributed by atoms with van der Waals surface area (Å²) in [5.74, 6) is -0.603. The van der Waals surface area contributed by atoms with Gasteiger partial charge in [0.1, 0.15) is 28.7 Å². The summed E-state index contributed by atoms with van der Waals surface area (Å²) in [6.45, 7) is 0.552. The molecule has 3 aromatic carbocycles. The summed E-state index contributed by atoms with van der Waals surface area (Å²) < 4.78 is 71.6. The third-order valence-corrected chi connectivity index (χ3v) is 7.14. The second-order valence-electron chi connectivity index (χ2n) is 9.68. The molecule has 0 aliphatic rings. The van der Waals surface area contributed by atoms with Gasteiger partial charge in [0.25, 0.3) is 5.56 Å². The fourth-order valence-electron chi connectivity index (χ4n) is 4.56. The number of pyridine rings is 1. The topological polar surface area (TPSA) is 120 Å². The number of hydrogen-bond acceptors (Lipinski definition) is 7. The molecule has 2 N–H and O–H groups in total. The summed E-state index contributed by atoms with van der Waals surface area (Å²) in [4.78, 5) is 13.2. The Morgan fingerprint density at radius 3 is 2.47 bits per heavy atom. The van der Waals surface area contributed by atoms with Gasteiger partial charge in [-0.3, -0.25) is 4.79 Å². The highest BCUT2D eigenvalue weighted by Crippen LogP contribution is 2.40. The molecule has 9 nitrogen and oxygen atoms in total. The minimum Gasteiger partial charge on any atom is -0.494 e. The van der Waals surface area contributed by atoms with E-state index in [0.717, 1.165) is 11.6 Å². The third kappa shape index (κ3) is 6.94. The molecule has 2 heterocycles. The average Bonchev–Trinajstić information content (AvgIpc) is 3.43. The van der Waals surface area contributed by atoms with Crippen LogP contribution < -0.4 is 19.8 Å². The van der Waals surface area contributed by atoms with E-state index in [9.17, 15) is 22.0 Å². The first-order valence-corrected chi connectivity index (χ1v) is 14.5. The lowest BCUT2D eigenvalue weighted by molar-refractivity contribution is 0.233. The van der Waals surface area contributed by atoms with Gasteiger partial charge < -0.3 is 23.6 Å². The van der Waals surface area contributed by atoms with E-state index in [0.29, 0.717) is 59.1 Å². The van der Waals surface area contributed by atoms with E-state index in [-0.39, 0.29) is 35.8 Å². The monoisotopic (exact) mass is 610 g/mol. The number of halogens is 2. The van der Waals surface area contributed by atoms with E-state index in [1.54, 1.807) is 61.8 Å². The Morgan fingerprint density at radius 1 is 0.977 bits per heavy atom. The summed E-state index contributed by atoms with van der Waals surface area (Å²) in [5.41, 5.74) is 2.30. The van der Waals surface area contributed by atoms with E-state index in [1.165, 1.54) is 10.6 Å². The van der Waals surface area contributed by atoms with Gasteiger partial charge in [-0.2, -0.15) is 0 Å². The van der Waals surface area contributed by atoms with Crippen molar-refractivity contribution in [3.05, 3.63) is 100 Å². The van der Waals surface area contributed by atoms with Gasteiger partial charge in [0.15, 0.2) is 11.6 Å². The Balaban J connectivity index is 1.60. The van der Waals surface area contributed by atoms with Gasteiger partial charge >= 0.3 is 0 Å². The minimum absolute atomic E-state index is 0.0290. The van der Waals surface area contributed by atoms with Crippen LogP contribution in [0, 0.1) is 11.6 Å². The largest absolute Gasteiger partial charge is 0.494 e. The van der Waals surface area contributed by atoms with Crippen molar-refractivity contribution in [2.45, 2.75) is 12.8 Å². The molecule has 5 aromatic rings. The smallest absolute Gasteiger partial charge is 0.261 e. The van der Waals surface area contributed by atoms with E-state index >= 15 is 0 Å². The predicted molar refractivity (Wildman–Crippen MR) is 158 cm³/mol. The van der Waals surface area contributed by atoms with E-state index in [4.69, 9.17) is 19.0 Å². The van der Waals surface area contributed by atoms with Crippen LogP contribution in [0.2, 0.25) is 0 Å². The van der Waals surface area contributed by atoms with Crippen LogP contribution >= 0.6 is 0 Å². The molecule has 5 rings (SSSR count). The molecule has 2 aromatic heterocycles. The number of ether oxygens (including phenoxy) is 2. The number of thiol groups is 1. The highest BCUT2D eigenvalue weighted by molar-refractivity contribution is 7.70. The van der Waals surface area contributed by atoms with Gasteiger partial charge in [-0.15, -0.1) is 0 Å². The highest BCUT2D eigenvalue weighted by Gasteiger charge is 2.20. The van der Waals surface area contributed by atoms with Crippen LogP contribution in [0.4, 0.5) is 8.78 Å². The summed E-state index contributed by atoms with van der Waals surface area (Å²) in [7, 11) is -1.18. The number of nitrogens with zero attached hydrogens (tertiary/aromatic N) is 1. The molecule has 43 heavy (non-hydrogen) atoms. The molecule has 224 valence electrons. The van der Waals surface area contributed by atoms with Gasteiger partial charge in [-0.1, -0.05) is 6.07 Å². The number of aromatic nitrogens is 1. The maximum atomic E-state index is 14.6. The Morgan fingerprint density at radius 2 is 1.74 bits per heavy atom. The maximum absolute atomic E-state index is 14.6. The minimum atomic E-state index is -2.77. The molecular weight excluding hydrogens is 582 g/mol. The number of rotatable bonds is 12. The predicted octanol–water partition coefficient (Wildman–Crippen LogP) is 4.96. The quantitative estimate of drug-likeness (QED) is 0.135. The van der Waals surface area contributed by atoms with Crippen LogP contribution in [0.1, 0.15) is 12.0 Å². The first-order valence-electron chi connectivity index (χ1n) is 13.3. The van der Waals surface area contributed by atoms with Crippen LogP contribution in [-0.2, 0) is 24.4 Å². The van der Waals surface area contributed by atoms with Gasteiger partial charge in [0.05, 0.1) is 12.0 Å². The Kier molecular flexibility index (Phi) is 9.19. The Hall–Kier alpha value is -4.52. The van der Waals surface area contributed by atoms with Gasteiger partial charge in [-0.05, 0) is 66.6 Å². The number of benzene rings is 3. The second kappa shape index (κ2) is 13.2. The summed E-state index contributed by atoms with van der Waals surface area (Å²) in [6.07, 6.45) is 2.43. The average molecular weight is 611 g/mol. The molecule has 0 atom stereocenters. The molecule has 0 aliphatic carbocycles. The zero-order chi connectivity index (χ0) is 30.5. The molecule has 0 amide bonds. The number of nitrogens with one attached hydrogen (secondary N) is 1. The molecule has 0 saturated heterocycles. The van der Waals surface area contributed by atoms with Crippen molar-refractivity contribution >= 4 is 21.9 Å². The van der Waals surface area contributed by atoms with E-state index in [1.807, 2.05) is 0 Å². The third-order valence-electron chi connectivity index (χ3n) is 6.66. The van der Waals surface area contributed by atoms with E-state index < -0.39 is 22.5 Å². The molecule has 0 saturated carbocycles. The SMILES string of the molecule is Cn1cc(-c2cc(CCN[SH](=O)=O)ccc2Oc2ccc(F)cc2F)c2oc(-c3ccc(OCCCO)cc3)cc2c1=O. The van der Waals surface area contributed by atoms with Crippen LogP contribution in [0.15, 0.2) is 82.1 Å². The van der Waals surface area contributed by atoms with Crippen molar-refractivity contribution in [2.24, 2.45) is 7.05 Å². The van der Waals surface area contributed by atoms with Gasteiger partial charge in [0.2, 0.25) is 10.9 Å². The lowest BCUT2D eigenvalue weighted by atomic mass is 10.0. The van der Waals surface area contributed by atoms with Gasteiger partial charge in [0, 0.05) is 55.6 Å². The zero-order valence-corrected chi connectivity index (χ0v) is 23.9. The van der Waals surface area contributed by atoms with Crippen LogP contribution in [0.3, 0.4) is 0 Å². The lowest BCUT2D eigenvalue weighted by Gasteiger charge is -2.15. The molecule has 0 aliphatic heterocycles. The van der Waals surface area contributed by atoms with Crippen LogP contribution in [-0.4, -0.2) is 37.8 Å². The maximum Gasteiger partial charge on any atom is 0.261 e. The van der Waals surface area contributed by atoms with Crippen molar-refractivity contribution in [1.29, 1.82) is 0 Å². The number of aryl methyl sites for hydroxylation is 1. The van der Waals surface area contributed by atoms with E-state index in [2.05, 4.69) is 4.72 Å². The molecule has 0 unspecified atom stereocenters. The summed E-state index contributed by atoms with van der Waals surface area (Å²) >= 11 is 0. The van der Waals surface area contributed by atoms with Gasteiger partial charge in [-0.25, -0.2) is 21.9 Å². The molecule has 0 spiro atoms. The molecule has 0 fully saturated rings. The van der Waals surface area contributed by atoms with Crippen molar-refractivity contribution in [3.8, 4) is 39.7 Å². The molecule has 0 radical (unpaired) electrons. The number of furan rings is 1. The number of hydrogen-bond donors (Lipinski definition) is 3. The van der Waals surface area contributed by atoms with Crippen molar-refractivity contribution in [2.75, 3.05) is 19.8 Å². The van der Waals surface area contributed by atoms with Crippen LogP contribution in [0.5, 0.6) is 17.2 Å². The second-order valence-corrected chi connectivity index (χ2v) is 10.5. The molecular formula is C31H28F2N2O7S. The zero-order valence-electron chi connectivity index (χ0n) is 23.0. The van der Waals surface area contributed by atoms with Crippen molar-refractivity contribution < 1.29 is 36.2 Å². The number of fused-ring (bicyclic) bond motifs is 1. The molecule has 0 bridgehead atoms. The normalized spacial score (nSPS) is 11.4. The van der Waals surface area contributed by atoms with Crippen molar-refractivity contribution in [1.82, 2.24) is 9.29 Å². The standard InChI is InChI=1S/C31H28F2N2O7S/c1-35-18-25(30-24(31(35)37)17-29(42-30)20-4-7-22(8-5-20)40-14-2-13-36)23-15-19(11-12-34-43(38)39)3-9-27(23)41-28-10-6-21(32)16-26(28)33/h3-10,15-18,36,43H,2,11-14H2,1H3,(H,34,38,39). The first kappa shape index (κ1) is 30.0. The summed E-state index contributed by atoms with van der Waals surface area (Å²) in [5, 5.41) is 9.25. The Bertz CT molecular complexity index is 1890. The fraction of sp³-hybridized carbons (Fsp3) is 0.194. The fourth-order valence-corrected chi connectivity index (χ4v) is 4.85. The summed E-state index contributed by atoms with van der Waals surface area (Å²) in [6, 6.07) is 16.8. The number of aliphatic hydroxyl groups is 1. The lowest BCUT2D eigenvalue weighted by Crippen LogP contribution is -2.16. The van der Waals surface area contributed by atoms with Crippen molar-refractivity contribution in [3.63, 3.8) is 0 Å². The highest BCUT2D eigenvalue weighted by atomic mass is 32.2. The number of aliphatic hydroxyl groups excluding tert-OH is 1. The Labute approximate surface area is 247 Å². The first-order chi connectivity index (χ1) is 20.7. The molecule has 12 heteroatoms.